The van der Waals surface area contributed by atoms with Gasteiger partial charge in [0.1, 0.15) is 0 Å². The number of hydrogen-bond donors (Lipinski definition) is 3. The minimum Gasteiger partial charge on any atom is -0.479 e. The molecule has 7 heteroatoms. The van der Waals surface area contributed by atoms with Gasteiger partial charge in [-0.2, -0.15) is 0 Å². The zero-order chi connectivity index (χ0) is 12.8. The van der Waals surface area contributed by atoms with Gasteiger partial charge in [-0.1, -0.05) is 17.7 Å². The van der Waals surface area contributed by atoms with Crippen molar-refractivity contribution < 1.29 is 19.5 Å². The lowest BCUT2D eigenvalue weighted by Gasteiger charge is -2.08. The van der Waals surface area contributed by atoms with Crippen molar-refractivity contribution in [3.05, 3.63) is 28.8 Å². The highest BCUT2D eigenvalue weighted by Crippen LogP contribution is 2.22. The van der Waals surface area contributed by atoms with Crippen molar-refractivity contribution >= 4 is 29.3 Å². The average Bonchev–Trinajstić information content (AvgIpc) is 2.23. The predicted octanol–water partition coefficient (Wildman–Crippen LogP) is 1.79. The number of nitrogens with one attached hydrogen (secondary N) is 2. The van der Waals surface area contributed by atoms with Crippen molar-refractivity contribution in [2.75, 3.05) is 11.9 Å². The van der Waals surface area contributed by atoms with Gasteiger partial charge in [0.05, 0.1) is 10.7 Å². The van der Waals surface area contributed by atoms with E-state index in [1.165, 1.54) is 0 Å². The number of rotatable bonds is 4. The summed E-state index contributed by atoms with van der Waals surface area (Å²) in [7, 11) is 0. The van der Waals surface area contributed by atoms with Gasteiger partial charge in [-0.15, -0.1) is 0 Å². The molecule has 1 aromatic rings. The van der Waals surface area contributed by atoms with Crippen LogP contribution in [0, 0.1) is 6.92 Å². The topological polar surface area (TPSA) is 87.7 Å². The Labute approximate surface area is 102 Å². The fraction of sp³-hybridized carbons (Fsp3) is 0.200. The van der Waals surface area contributed by atoms with Crippen molar-refractivity contribution in [2.24, 2.45) is 0 Å². The molecule has 0 heterocycles. The maximum atomic E-state index is 11.3. The molecule has 2 amide bonds. The van der Waals surface area contributed by atoms with Crippen LogP contribution in [0.1, 0.15) is 5.56 Å². The van der Waals surface area contributed by atoms with Crippen LogP contribution >= 0.6 is 11.6 Å². The lowest BCUT2D eigenvalue weighted by atomic mass is 10.2. The molecule has 3 N–H and O–H groups in total. The van der Waals surface area contributed by atoms with E-state index >= 15 is 0 Å². The number of urea groups is 1. The van der Waals surface area contributed by atoms with Gasteiger partial charge >= 0.3 is 12.0 Å². The number of carboxylic acids is 1. The SMILES string of the molecule is Cc1ccc(Cl)c(NC(=O)NOCC(=O)O)c1. The molecule has 0 fully saturated rings. The van der Waals surface area contributed by atoms with Crippen LogP contribution in [0.3, 0.4) is 0 Å². The number of aryl methyl sites for hydroxylation is 1. The van der Waals surface area contributed by atoms with Gasteiger partial charge in [-0.05, 0) is 24.6 Å². The summed E-state index contributed by atoms with van der Waals surface area (Å²) >= 11 is 5.85. The van der Waals surface area contributed by atoms with E-state index in [1.54, 1.807) is 18.2 Å². The summed E-state index contributed by atoms with van der Waals surface area (Å²) in [4.78, 5) is 25.8. The molecule has 0 aliphatic heterocycles. The van der Waals surface area contributed by atoms with Gasteiger partial charge < -0.3 is 10.4 Å². The summed E-state index contributed by atoms with van der Waals surface area (Å²) in [6.07, 6.45) is 0. The van der Waals surface area contributed by atoms with Gasteiger partial charge in [0.25, 0.3) is 0 Å². The molecule has 92 valence electrons. The third kappa shape index (κ3) is 4.71. The van der Waals surface area contributed by atoms with Crippen LogP contribution in [-0.4, -0.2) is 23.7 Å². The third-order valence-electron chi connectivity index (χ3n) is 1.73. The van der Waals surface area contributed by atoms with Crippen LogP contribution in [0.15, 0.2) is 18.2 Å². The fourth-order valence-electron chi connectivity index (χ4n) is 1.05. The number of halogens is 1. The molecule has 0 radical (unpaired) electrons. The van der Waals surface area contributed by atoms with Crippen LogP contribution in [0.25, 0.3) is 0 Å². The van der Waals surface area contributed by atoms with E-state index in [-0.39, 0.29) is 0 Å². The number of carbonyl (C=O) groups excluding carboxylic acids is 1. The number of carboxylic acid groups (broad SMARTS) is 1. The fourth-order valence-corrected chi connectivity index (χ4v) is 1.21. The maximum Gasteiger partial charge on any atom is 0.343 e. The molecule has 6 nitrogen and oxygen atoms in total. The van der Waals surface area contributed by atoms with E-state index in [1.807, 2.05) is 12.4 Å². The molecule has 0 aromatic heterocycles. The highest BCUT2D eigenvalue weighted by molar-refractivity contribution is 6.33. The Balaban J connectivity index is 2.50. The molecule has 1 rings (SSSR count). The second-order valence-corrected chi connectivity index (χ2v) is 3.63. The number of carbonyl (C=O) groups is 2. The zero-order valence-corrected chi connectivity index (χ0v) is 9.75. The summed E-state index contributed by atoms with van der Waals surface area (Å²) in [5.41, 5.74) is 3.27. The van der Waals surface area contributed by atoms with Crippen molar-refractivity contribution in [2.45, 2.75) is 6.92 Å². The van der Waals surface area contributed by atoms with Crippen molar-refractivity contribution in [1.82, 2.24) is 5.48 Å². The van der Waals surface area contributed by atoms with Gasteiger partial charge in [-0.25, -0.2) is 15.1 Å². The molecule has 0 saturated carbocycles. The summed E-state index contributed by atoms with van der Waals surface area (Å²) in [6, 6.07) is 4.43. The van der Waals surface area contributed by atoms with Crippen LogP contribution in [0.2, 0.25) is 5.02 Å². The molecule has 0 spiro atoms. The molecule has 0 aliphatic rings. The molecule has 17 heavy (non-hydrogen) atoms. The number of anilines is 1. The van der Waals surface area contributed by atoms with Crippen LogP contribution in [-0.2, 0) is 9.63 Å². The molecule has 0 atom stereocenters. The number of hydroxylamine groups is 1. The summed E-state index contributed by atoms with van der Waals surface area (Å²) in [5.74, 6) is -1.18. The Morgan fingerprint density at radius 1 is 1.47 bits per heavy atom. The first-order valence-electron chi connectivity index (χ1n) is 4.66. The van der Waals surface area contributed by atoms with Crippen LogP contribution < -0.4 is 10.8 Å². The molecule has 0 bridgehead atoms. The van der Waals surface area contributed by atoms with E-state index in [2.05, 4.69) is 10.2 Å². The van der Waals surface area contributed by atoms with Crippen molar-refractivity contribution in [3.8, 4) is 0 Å². The second-order valence-electron chi connectivity index (χ2n) is 3.22. The van der Waals surface area contributed by atoms with Gasteiger partial charge in [0, 0.05) is 0 Å². The summed E-state index contributed by atoms with van der Waals surface area (Å²) < 4.78 is 0. The summed E-state index contributed by atoms with van der Waals surface area (Å²) in [5, 5.41) is 11.1. The lowest BCUT2D eigenvalue weighted by Crippen LogP contribution is -2.30. The molecular weight excluding hydrogens is 248 g/mol. The third-order valence-corrected chi connectivity index (χ3v) is 2.06. The monoisotopic (exact) mass is 258 g/mol. The molecular formula is C10H11ClN2O4. The summed E-state index contributed by atoms with van der Waals surface area (Å²) in [6.45, 7) is 1.23. The number of aliphatic carboxylic acids is 1. The maximum absolute atomic E-state index is 11.3. The first-order valence-corrected chi connectivity index (χ1v) is 5.03. The van der Waals surface area contributed by atoms with Gasteiger partial charge in [-0.3, -0.25) is 4.84 Å². The highest BCUT2D eigenvalue weighted by Gasteiger charge is 2.06. The molecule has 0 aliphatic carbocycles. The smallest absolute Gasteiger partial charge is 0.343 e. The largest absolute Gasteiger partial charge is 0.479 e. The predicted molar refractivity (Wildman–Crippen MR) is 61.9 cm³/mol. The molecule has 0 saturated heterocycles. The Bertz CT molecular complexity index is 436. The minimum atomic E-state index is -1.18. The quantitative estimate of drug-likeness (QED) is 0.719. The Hall–Kier alpha value is -1.79. The van der Waals surface area contributed by atoms with Gasteiger partial charge in [0.15, 0.2) is 6.61 Å². The van der Waals surface area contributed by atoms with Gasteiger partial charge in [0.2, 0.25) is 0 Å². The standard InChI is InChI=1S/C10H11ClN2O4/c1-6-2-3-7(11)8(4-6)12-10(16)13-17-5-9(14)15/h2-4H,5H2,1H3,(H,14,15)(H2,12,13,16). The highest BCUT2D eigenvalue weighted by atomic mass is 35.5. The number of amides is 2. The first-order chi connectivity index (χ1) is 7.99. The normalized spacial score (nSPS) is 9.76. The Kier molecular flexibility index (Phi) is 4.74. The van der Waals surface area contributed by atoms with Crippen LogP contribution in [0.4, 0.5) is 10.5 Å². The molecule has 1 aromatic carbocycles. The number of hydrogen-bond acceptors (Lipinski definition) is 3. The minimum absolute atomic E-state index is 0.379. The average molecular weight is 259 g/mol. The van der Waals surface area contributed by atoms with E-state index in [0.29, 0.717) is 10.7 Å². The Morgan fingerprint density at radius 2 is 2.18 bits per heavy atom. The van der Waals surface area contributed by atoms with Crippen molar-refractivity contribution in [3.63, 3.8) is 0 Å². The second kappa shape index (κ2) is 6.07. The van der Waals surface area contributed by atoms with Crippen molar-refractivity contribution in [1.29, 1.82) is 0 Å². The first kappa shape index (κ1) is 13.3. The number of benzene rings is 1. The van der Waals surface area contributed by atoms with E-state index in [9.17, 15) is 9.59 Å². The van der Waals surface area contributed by atoms with Crippen LogP contribution in [0.5, 0.6) is 0 Å². The van der Waals surface area contributed by atoms with E-state index < -0.39 is 18.6 Å². The van der Waals surface area contributed by atoms with E-state index in [4.69, 9.17) is 16.7 Å². The lowest BCUT2D eigenvalue weighted by molar-refractivity contribution is -0.143. The van der Waals surface area contributed by atoms with E-state index in [0.717, 1.165) is 5.56 Å². The Morgan fingerprint density at radius 3 is 2.82 bits per heavy atom. The zero-order valence-electron chi connectivity index (χ0n) is 8.99. The molecule has 0 unspecified atom stereocenters.